The van der Waals surface area contributed by atoms with Gasteiger partial charge in [0.2, 0.25) is 15.9 Å². The second-order valence-electron chi connectivity index (χ2n) is 6.04. The van der Waals surface area contributed by atoms with E-state index >= 15 is 0 Å². The van der Waals surface area contributed by atoms with E-state index in [1.165, 1.54) is 4.31 Å². The highest BCUT2D eigenvalue weighted by molar-refractivity contribution is 7.89. The van der Waals surface area contributed by atoms with Crippen LogP contribution in [0.3, 0.4) is 0 Å². The van der Waals surface area contributed by atoms with E-state index in [0.29, 0.717) is 37.0 Å². The van der Waals surface area contributed by atoms with E-state index in [9.17, 15) is 13.2 Å². The van der Waals surface area contributed by atoms with Gasteiger partial charge in [-0.3, -0.25) is 4.79 Å². The first-order valence-electron chi connectivity index (χ1n) is 7.88. The molecule has 0 bridgehead atoms. The van der Waals surface area contributed by atoms with Crippen LogP contribution in [0.15, 0.2) is 29.2 Å². The minimum atomic E-state index is -3.49. The van der Waals surface area contributed by atoms with Crippen molar-refractivity contribution in [2.24, 2.45) is 0 Å². The van der Waals surface area contributed by atoms with Gasteiger partial charge in [0.25, 0.3) is 0 Å². The molecule has 23 heavy (non-hydrogen) atoms. The predicted octanol–water partition coefficient (Wildman–Crippen LogP) is 0.862. The van der Waals surface area contributed by atoms with Gasteiger partial charge in [0.1, 0.15) is 0 Å². The molecule has 0 spiro atoms. The van der Waals surface area contributed by atoms with Crippen molar-refractivity contribution in [2.75, 3.05) is 39.8 Å². The lowest BCUT2D eigenvalue weighted by atomic mass is 10.0. The fourth-order valence-corrected chi connectivity index (χ4v) is 4.04. The summed E-state index contributed by atoms with van der Waals surface area (Å²) >= 11 is 0. The molecule has 0 saturated carbocycles. The summed E-state index contributed by atoms with van der Waals surface area (Å²) in [7, 11) is -1.76. The number of sulfonamides is 1. The molecule has 1 aromatic carbocycles. The normalized spacial score (nSPS) is 16.8. The number of hydrogen-bond donors (Lipinski definition) is 1. The van der Waals surface area contributed by atoms with E-state index in [1.807, 2.05) is 12.1 Å². The Kier molecular flexibility index (Phi) is 5.78. The van der Waals surface area contributed by atoms with Gasteiger partial charge in [-0.1, -0.05) is 26.0 Å². The quantitative estimate of drug-likeness (QED) is 0.864. The summed E-state index contributed by atoms with van der Waals surface area (Å²) in [6, 6.07) is 7.07. The molecule has 1 heterocycles. The number of carbonyl (C=O) groups excluding carboxylic acids is 1. The molecule has 0 aliphatic carbocycles. The number of carbonyl (C=O) groups is 1. The van der Waals surface area contributed by atoms with Gasteiger partial charge in [0, 0.05) is 26.2 Å². The van der Waals surface area contributed by atoms with Gasteiger partial charge in [0.05, 0.1) is 11.4 Å². The molecule has 0 aromatic heterocycles. The Morgan fingerprint density at radius 3 is 2.17 bits per heavy atom. The molecule has 0 unspecified atom stereocenters. The monoisotopic (exact) mass is 339 g/mol. The highest BCUT2D eigenvalue weighted by Crippen LogP contribution is 2.21. The van der Waals surface area contributed by atoms with Crippen molar-refractivity contribution < 1.29 is 13.2 Å². The molecule has 0 atom stereocenters. The standard InChI is InChI=1S/C16H25N3O3S/c1-13(2)14-4-6-15(7-5-14)23(21,22)19-10-8-18(9-11-19)16(20)12-17-3/h4-7,13,17H,8-12H2,1-3H3. The van der Waals surface area contributed by atoms with Crippen molar-refractivity contribution in [3.63, 3.8) is 0 Å². The predicted molar refractivity (Wildman–Crippen MR) is 89.8 cm³/mol. The molecule has 1 aliphatic rings. The molecule has 128 valence electrons. The van der Waals surface area contributed by atoms with Crippen LogP contribution in [0.5, 0.6) is 0 Å². The van der Waals surface area contributed by atoms with Gasteiger partial charge in [0.15, 0.2) is 0 Å². The van der Waals surface area contributed by atoms with Gasteiger partial charge < -0.3 is 10.2 Å². The van der Waals surface area contributed by atoms with Crippen molar-refractivity contribution in [3.05, 3.63) is 29.8 Å². The maximum atomic E-state index is 12.7. The molecule has 1 aromatic rings. The summed E-state index contributed by atoms with van der Waals surface area (Å²) in [4.78, 5) is 13.8. The van der Waals surface area contributed by atoms with Crippen molar-refractivity contribution in [3.8, 4) is 0 Å². The number of likely N-dealkylation sites (N-methyl/N-ethyl adjacent to an activating group) is 1. The maximum Gasteiger partial charge on any atom is 0.243 e. The van der Waals surface area contributed by atoms with E-state index in [1.54, 1.807) is 24.1 Å². The van der Waals surface area contributed by atoms with Gasteiger partial charge in [-0.2, -0.15) is 4.31 Å². The van der Waals surface area contributed by atoms with Crippen LogP contribution in [0, 0.1) is 0 Å². The fraction of sp³-hybridized carbons (Fsp3) is 0.562. The Bertz CT molecular complexity index is 633. The van der Waals surface area contributed by atoms with Gasteiger partial charge >= 0.3 is 0 Å². The van der Waals surface area contributed by atoms with Crippen LogP contribution in [0.2, 0.25) is 0 Å². The molecular formula is C16H25N3O3S. The Labute approximate surface area is 138 Å². The third-order valence-electron chi connectivity index (χ3n) is 4.10. The van der Waals surface area contributed by atoms with Gasteiger partial charge in [-0.25, -0.2) is 8.42 Å². The van der Waals surface area contributed by atoms with Crippen LogP contribution in [-0.2, 0) is 14.8 Å². The molecule has 1 amide bonds. The Morgan fingerprint density at radius 1 is 1.13 bits per heavy atom. The van der Waals surface area contributed by atoms with Crippen LogP contribution in [0.4, 0.5) is 0 Å². The molecule has 1 saturated heterocycles. The summed E-state index contributed by atoms with van der Waals surface area (Å²) in [6.07, 6.45) is 0. The zero-order valence-corrected chi connectivity index (χ0v) is 14.8. The lowest BCUT2D eigenvalue weighted by Crippen LogP contribution is -2.52. The molecule has 6 nitrogen and oxygen atoms in total. The number of benzene rings is 1. The SMILES string of the molecule is CNCC(=O)N1CCN(S(=O)(=O)c2ccc(C(C)C)cc2)CC1. The number of nitrogens with zero attached hydrogens (tertiary/aromatic N) is 2. The summed E-state index contributed by atoms with van der Waals surface area (Å²) in [5.74, 6) is 0.374. The third-order valence-corrected chi connectivity index (χ3v) is 6.02. The van der Waals surface area contributed by atoms with Crippen molar-refractivity contribution in [1.29, 1.82) is 0 Å². The number of hydrogen-bond acceptors (Lipinski definition) is 4. The first kappa shape index (κ1) is 17.9. The second kappa shape index (κ2) is 7.42. The minimum Gasteiger partial charge on any atom is -0.339 e. The second-order valence-corrected chi connectivity index (χ2v) is 7.98. The minimum absolute atomic E-state index is 0.00540. The Balaban J connectivity index is 2.05. The van der Waals surface area contributed by atoms with Crippen molar-refractivity contribution in [2.45, 2.75) is 24.7 Å². The number of nitrogens with one attached hydrogen (secondary N) is 1. The van der Waals surface area contributed by atoms with Crippen molar-refractivity contribution in [1.82, 2.24) is 14.5 Å². The summed E-state index contributed by atoms with van der Waals surface area (Å²) in [6.45, 7) is 5.97. The maximum absolute atomic E-state index is 12.7. The number of rotatable bonds is 5. The van der Waals surface area contributed by atoms with E-state index in [2.05, 4.69) is 19.2 Å². The van der Waals surface area contributed by atoms with Crippen LogP contribution >= 0.6 is 0 Å². The highest BCUT2D eigenvalue weighted by atomic mass is 32.2. The van der Waals surface area contributed by atoms with Crippen LogP contribution < -0.4 is 5.32 Å². The molecule has 1 fully saturated rings. The summed E-state index contributed by atoms with van der Waals surface area (Å²) in [5.41, 5.74) is 1.12. The zero-order valence-electron chi connectivity index (χ0n) is 13.9. The van der Waals surface area contributed by atoms with Crippen LogP contribution in [0.25, 0.3) is 0 Å². The molecule has 0 radical (unpaired) electrons. The molecule has 7 heteroatoms. The first-order valence-corrected chi connectivity index (χ1v) is 9.32. The average Bonchev–Trinajstić information content (AvgIpc) is 2.55. The smallest absolute Gasteiger partial charge is 0.243 e. The van der Waals surface area contributed by atoms with Gasteiger partial charge in [-0.05, 0) is 30.7 Å². The largest absolute Gasteiger partial charge is 0.339 e. The third kappa shape index (κ3) is 4.10. The average molecular weight is 339 g/mol. The van der Waals surface area contributed by atoms with E-state index in [4.69, 9.17) is 0 Å². The molecule has 1 aliphatic heterocycles. The zero-order chi connectivity index (χ0) is 17.0. The summed E-state index contributed by atoms with van der Waals surface area (Å²) < 4.78 is 26.8. The van der Waals surface area contributed by atoms with Gasteiger partial charge in [-0.15, -0.1) is 0 Å². The van der Waals surface area contributed by atoms with Crippen molar-refractivity contribution >= 4 is 15.9 Å². The van der Waals surface area contributed by atoms with E-state index in [0.717, 1.165) is 5.56 Å². The highest BCUT2D eigenvalue weighted by Gasteiger charge is 2.29. The molecule has 2 rings (SSSR count). The Morgan fingerprint density at radius 2 is 1.70 bits per heavy atom. The van der Waals surface area contributed by atoms with E-state index in [-0.39, 0.29) is 12.5 Å². The fourth-order valence-electron chi connectivity index (χ4n) is 2.61. The lowest BCUT2D eigenvalue weighted by molar-refractivity contribution is -0.131. The first-order chi connectivity index (χ1) is 10.9. The Hall–Kier alpha value is -1.44. The number of amides is 1. The van der Waals surface area contributed by atoms with E-state index < -0.39 is 10.0 Å². The topological polar surface area (TPSA) is 69.7 Å². The molecule has 1 N–H and O–H groups in total. The summed E-state index contributed by atoms with van der Waals surface area (Å²) in [5, 5.41) is 2.82. The van der Waals surface area contributed by atoms with Crippen LogP contribution in [0.1, 0.15) is 25.3 Å². The molecular weight excluding hydrogens is 314 g/mol. The lowest BCUT2D eigenvalue weighted by Gasteiger charge is -2.34. The number of piperazine rings is 1. The van der Waals surface area contributed by atoms with Crippen LogP contribution in [-0.4, -0.2) is 63.3 Å².